The minimum absolute atomic E-state index is 0. The Kier molecular flexibility index (Phi) is 29.8. The average Bonchev–Trinajstić information content (AvgIpc) is 2.77. The number of hydrogen-bond donors (Lipinski definition) is 1. The van der Waals surface area contributed by atoms with E-state index in [2.05, 4.69) is 45.1 Å². The van der Waals surface area contributed by atoms with Gasteiger partial charge in [0.2, 0.25) is 5.91 Å². The number of nitrogens with one attached hydrogen (secondary N) is 1. The van der Waals surface area contributed by atoms with Crippen LogP contribution in [0.5, 0.6) is 0 Å². The van der Waals surface area contributed by atoms with Crippen LogP contribution in [0.3, 0.4) is 0 Å². The topological polar surface area (TPSA) is 29.1 Å². The first-order valence-corrected chi connectivity index (χ1v) is 15.8. The lowest BCUT2D eigenvalue weighted by atomic mass is 10.1. The summed E-state index contributed by atoms with van der Waals surface area (Å²) < 4.78 is 0.966. The number of thioether (sulfide) groups is 1. The monoisotopic (exact) mass is 564 g/mol. The molecule has 0 aliphatic rings. The maximum Gasteiger partial charge on any atom is 0.219 e. The molecule has 0 heterocycles. The Bertz CT molecular complexity index is 415. The minimum Gasteiger partial charge on any atom is -1.00 e. The lowest BCUT2D eigenvalue weighted by Crippen LogP contribution is -3.00. The molecule has 0 fully saturated rings. The fourth-order valence-corrected chi connectivity index (χ4v) is 5.23. The van der Waals surface area contributed by atoms with E-state index in [1.165, 1.54) is 121 Å². The molecule has 1 amide bonds. The highest BCUT2D eigenvalue weighted by Crippen LogP contribution is 2.15. The van der Waals surface area contributed by atoms with Crippen molar-refractivity contribution < 1.29 is 26.3 Å². The molecule has 0 unspecified atom stereocenters. The van der Waals surface area contributed by atoms with Crippen LogP contribution in [0.2, 0.25) is 0 Å². The molecule has 5 heteroatoms. The second-order valence-corrected chi connectivity index (χ2v) is 12.3. The molecule has 0 bridgehead atoms. The summed E-state index contributed by atoms with van der Waals surface area (Å²) >= 11 is 2.18. The Labute approximate surface area is 229 Å². The van der Waals surface area contributed by atoms with Gasteiger partial charge < -0.3 is 26.8 Å². The van der Waals surface area contributed by atoms with Gasteiger partial charge in [-0.25, -0.2) is 0 Å². The van der Waals surface area contributed by atoms with Crippen LogP contribution in [-0.4, -0.2) is 56.1 Å². The smallest absolute Gasteiger partial charge is 0.219 e. The number of carbonyl (C=O) groups is 1. The molecular weight excluding hydrogens is 504 g/mol. The molecule has 0 aromatic carbocycles. The zero-order valence-electron chi connectivity index (χ0n) is 23.6. The summed E-state index contributed by atoms with van der Waals surface area (Å²) in [6.45, 7) is 4.23. The lowest BCUT2D eigenvalue weighted by molar-refractivity contribution is -0.870. The summed E-state index contributed by atoms with van der Waals surface area (Å²) in [4.78, 5) is 11.9. The molecule has 206 valence electrons. The third kappa shape index (κ3) is 32.3. The SMILES string of the molecule is CCCCCCCCCCCCSCCCCCCCCCCC(=O)NCCC[N+](C)(C)C.[Br-]. The molecule has 0 radical (unpaired) electrons. The predicted octanol–water partition coefficient (Wildman–Crippen LogP) is 5.37. The fraction of sp³-hybridized carbons (Fsp3) is 0.966. The Balaban J connectivity index is 0. The summed E-state index contributed by atoms with van der Waals surface area (Å²) in [5.74, 6) is 2.98. The van der Waals surface area contributed by atoms with Crippen molar-refractivity contribution in [3.8, 4) is 0 Å². The van der Waals surface area contributed by atoms with Gasteiger partial charge in [-0.3, -0.25) is 4.79 Å². The molecule has 0 atom stereocenters. The molecular formula is C29H61BrN2OS. The standard InChI is InChI=1S/C29H60N2OS.BrH/c1-5-6-7-8-9-10-12-15-18-21-27-33-28-22-19-16-13-11-14-17-20-24-29(32)30-25-23-26-31(2,3)4;/h5-28H2,1-4H3;1H. The number of amides is 1. The van der Waals surface area contributed by atoms with E-state index >= 15 is 0 Å². The summed E-state index contributed by atoms with van der Waals surface area (Å²) in [5, 5.41) is 3.07. The highest BCUT2D eigenvalue weighted by atomic mass is 79.9. The molecule has 1 N–H and O–H groups in total. The number of hydrogen-bond acceptors (Lipinski definition) is 2. The van der Waals surface area contributed by atoms with E-state index in [1.54, 1.807) is 0 Å². The third-order valence-electron chi connectivity index (χ3n) is 6.41. The van der Waals surface area contributed by atoms with Crippen molar-refractivity contribution in [1.82, 2.24) is 5.32 Å². The first-order valence-electron chi connectivity index (χ1n) is 14.6. The highest BCUT2D eigenvalue weighted by molar-refractivity contribution is 7.99. The van der Waals surface area contributed by atoms with E-state index in [0.717, 1.165) is 30.4 Å². The molecule has 34 heavy (non-hydrogen) atoms. The van der Waals surface area contributed by atoms with Crippen molar-refractivity contribution in [3.05, 3.63) is 0 Å². The van der Waals surface area contributed by atoms with E-state index in [1.807, 2.05) is 0 Å². The highest BCUT2D eigenvalue weighted by Gasteiger charge is 2.06. The van der Waals surface area contributed by atoms with Gasteiger partial charge in [0.15, 0.2) is 0 Å². The molecule has 3 nitrogen and oxygen atoms in total. The van der Waals surface area contributed by atoms with Gasteiger partial charge in [0.05, 0.1) is 27.7 Å². The Morgan fingerprint density at radius 3 is 1.47 bits per heavy atom. The maximum atomic E-state index is 11.9. The van der Waals surface area contributed by atoms with Gasteiger partial charge in [-0.15, -0.1) is 0 Å². The quantitative estimate of drug-likeness (QED) is 0.113. The minimum atomic E-state index is 0. The van der Waals surface area contributed by atoms with Crippen LogP contribution in [0.4, 0.5) is 0 Å². The van der Waals surface area contributed by atoms with Crippen LogP contribution >= 0.6 is 11.8 Å². The molecule has 0 aliphatic heterocycles. The van der Waals surface area contributed by atoms with Gasteiger partial charge in [0, 0.05) is 19.4 Å². The van der Waals surface area contributed by atoms with E-state index < -0.39 is 0 Å². The van der Waals surface area contributed by atoms with Crippen LogP contribution in [0.25, 0.3) is 0 Å². The summed E-state index contributed by atoms with van der Waals surface area (Å²) in [5.41, 5.74) is 0. The maximum absolute atomic E-state index is 11.9. The second-order valence-electron chi connectivity index (χ2n) is 11.1. The zero-order valence-corrected chi connectivity index (χ0v) is 26.0. The van der Waals surface area contributed by atoms with Crippen LogP contribution in [0, 0.1) is 0 Å². The van der Waals surface area contributed by atoms with Gasteiger partial charge >= 0.3 is 0 Å². The molecule has 0 saturated carbocycles. The molecule has 0 aromatic heterocycles. The Morgan fingerprint density at radius 2 is 1.03 bits per heavy atom. The number of quaternary nitrogens is 1. The van der Waals surface area contributed by atoms with Crippen molar-refractivity contribution in [2.24, 2.45) is 0 Å². The van der Waals surface area contributed by atoms with Crippen LogP contribution in [0.15, 0.2) is 0 Å². The van der Waals surface area contributed by atoms with E-state index in [0.29, 0.717) is 6.42 Å². The molecule has 0 spiro atoms. The summed E-state index contributed by atoms with van der Waals surface area (Å²) in [7, 11) is 6.59. The molecule has 0 rings (SSSR count). The van der Waals surface area contributed by atoms with Crippen LogP contribution in [-0.2, 0) is 4.79 Å². The number of nitrogens with zero attached hydrogens (tertiary/aromatic N) is 1. The van der Waals surface area contributed by atoms with Gasteiger partial charge in [-0.2, -0.15) is 11.8 Å². The number of halogens is 1. The fourth-order valence-electron chi connectivity index (χ4n) is 4.21. The van der Waals surface area contributed by atoms with Gasteiger partial charge in [0.25, 0.3) is 0 Å². The normalized spacial score (nSPS) is 11.4. The van der Waals surface area contributed by atoms with E-state index in [-0.39, 0.29) is 22.9 Å². The van der Waals surface area contributed by atoms with E-state index in [4.69, 9.17) is 0 Å². The molecule has 0 aliphatic carbocycles. The van der Waals surface area contributed by atoms with Crippen molar-refractivity contribution >= 4 is 17.7 Å². The third-order valence-corrected chi connectivity index (χ3v) is 7.57. The van der Waals surface area contributed by atoms with Crippen LogP contribution < -0.4 is 22.3 Å². The summed E-state index contributed by atoms with van der Waals surface area (Å²) in [6.07, 6.45) is 26.6. The predicted molar refractivity (Wildman–Crippen MR) is 151 cm³/mol. The van der Waals surface area contributed by atoms with E-state index in [9.17, 15) is 4.79 Å². The van der Waals surface area contributed by atoms with Crippen molar-refractivity contribution in [2.75, 3.05) is 45.7 Å². The average molecular weight is 566 g/mol. The Morgan fingerprint density at radius 1 is 0.618 bits per heavy atom. The van der Waals surface area contributed by atoms with Crippen molar-refractivity contribution in [3.63, 3.8) is 0 Å². The van der Waals surface area contributed by atoms with Gasteiger partial charge in [0.1, 0.15) is 0 Å². The number of rotatable bonds is 26. The second kappa shape index (κ2) is 27.8. The number of carbonyl (C=O) groups excluding carboxylic acids is 1. The number of unbranched alkanes of at least 4 members (excludes halogenated alkanes) is 16. The zero-order chi connectivity index (χ0) is 24.5. The van der Waals surface area contributed by atoms with Gasteiger partial charge in [-0.05, 0) is 30.8 Å². The molecule has 0 saturated heterocycles. The molecule has 0 aromatic rings. The van der Waals surface area contributed by atoms with Crippen molar-refractivity contribution in [2.45, 2.75) is 135 Å². The van der Waals surface area contributed by atoms with Crippen molar-refractivity contribution in [1.29, 1.82) is 0 Å². The first-order chi connectivity index (χ1) is 16.0. The van der Waals surface area contributed by atoms with Gasteiger partial charge in [-0.1, -0.05) is 103 Å². The summed E-state index contributed by atoms with van der Waals surface area (Å²) in [6, 6.07) is 0. The first kappa shape index (κ1) is 36.4. The van der Waals surface area contributed by atoms with Crippen LogP contribution in [0.1, 0.15) is 135 Å². The lowest BCUT2D eigenvalue weighted by Gasteiger charge is -2.23. The largest absolute Gasteiger partial charge is 1.00 e. The Hall–Kier alpha value is 0.260.